The van der Waals surface area contributed by atoms with Gasteiger partial charge in [0, 0.05) is 177 Å². The maximum absolute atomic E-state index is 13.1. The van der Waals surface area contributed by atoms with E-state index in [4.69, 9.17) is 4.74 Å². The molecule has 30 heteroatoms. The molecule has 10 aromatic rings. The molecule has 768 valence electrons. The van der Waals surface area contributed by atoms with Gasteiger partial charge in [-0.3, -0.25) is 33.6 Å². The van der Waals surface area contributed by atoms with Crippen LogP contribution in [0.2, 0.25) is 0 Å². The molecular weight excluding hydrogens is 1870 g/mol. The monoisotopic (exact) mass is 2000 g/mol. The molecule has 5 saturated heterocycles. The lowest BCUT2D eigenvalue weighted by molar-refractivity contribution is -0.118. The first-order chi connectivity index (χ1) is 71.4. The van der Waals surface area contributed by atoms with E-state index in [0.717, 1.165) is 202 Å². The summed E-state index contributed by atoms with van der Waals surface area (Å²) in [5.41, 5.74) is 20.7. The molecule has 12 atom stereocenters. The lowest BCUT2D eigenvalue weighted by Crippen LogP contribution is -2.51. The number of rotatable bonds is 25. The van der Waals surface area contributed by atoms with Crippen molar-refractivity contribution < 1.29 is 70.5 Å². The zero-order chi connectivity index (χ0) is 102. The quantitative estimate of drug-likeness (QED) is 0.0236. The molecule has 15 aliphatic heterocycles. The van der Waals surface area contributed by atoms with Gasteiger partial charge < -0.3 is 89.3 Å². The molecule has 4 N–H and O–H groups in total. The van der Waals surface area contributed by atoms with Gasteiger partial charge in [0.1, 0.15) is 34.8 Å². The highest BCUT2D eigenvalue weighted by Gasteiger charge is 2.52. The molecule has 2 unspecified atom stereocenters. The first-order valence-corrected chi connectivity index (χ1v) is 52.7. The Bertz CT molecular complexity index is 6530. The standard InChI is InChI=1S/C24H28FN3O2.C24H26FN3O2.2C23H26FN3O2.C23H24FN3O2/c2*1-26-21-5-2-4-18-19-14-27(13-11-20(19)28(24(18)21)15-23(26)30)12-3-6-22(29)16-7-9-17(25)10-8-16;1-25-21-5-2-4-18-19-14-26(11-3-13-29-17-8-6-16(24)7-9-17)12-10-20(19)27(23(18)21)15-22(25)28;2*24-16-8-6-15(7-9-16)21(28)5-2-11-26-12-10-20-18(13-26)17-3-1-4-19-23(17)27(20)14-22(29)25-19/h2,4-5,7-10,19-20,22,29H,3,6,11-15H2,1H3;2,4-5,7-10,19-20H,3,6,11-15H2,1H3;2,4-9,19-20H,3,10-15H2,1H3;1,3-4,6-9,18,20-21,28H,2,5,10-14H2,(H,25,29);1,3-4,6-9,18,20H,2,5,10-14H2,(H,25,29)/t19-,20-,22?;2*19-,20-;18-,20-,21?;18-,20-/m00000/s1. The molecule has 15 heterocycles. The third-order valence-electron chi connectivity index (χ3n) is 33.5. The predicted octanol–water partition coefficient (Wildman–Crippen LogP) is 16.7. The molecule has 5 amide bonds. The smallest absolute Gasteiger partial charge is 0.246 e. The Morgan fingerprint density at radius 1 is 0.333 bits per heavy atom. The van der Waals surface area contributed by atoms with E-state index in [1.807, 2.05) is 51.5 Å². The average Bonchev–Trinajstić information content (AvgIpc) is 1.55. The first kappa shape index (κ1) is 100. The van der Waals surface area contributed by atoms with Crippen molar-refractivity contribution in [3.05, 3.63) is 291 Å². The van der Waals surface area contributed by atoms with Crippen molar-refractivity contribution in [1.29, 1.82) is 0 Å². The van der Waals surface area contributed by atoms with Crippen LogP contribution in [0.1, 0.15) is 191 Å². The van der Waals surface area contributed by atoms with Gasteiger partial charge in [0.2, 0.25) is 29.5 Å². The minimum absolute atomic E-state index is 0.0667. The van der Waals surface area contributed by atoms with E-state index in [1.54, 1.807) is 75.4 Å². The highest BCUT2D eigenvalue weighted by atomic mass is 19.1. The molecule has 0 saturated carbocycles. The van der Waals surface area contributed by atoms with Crippen LogP contribution in [-0.2, 0) is 24.0 Å². The van der Waals surface area contributed by atoms with Crippen LogP contribution in [0.15, 0.2) is 212 Å². The molecule has 0 bridgehead atoms. The molecule has 147 heavy (non-hydrogen) atoms. The van der Waals surface area contributed by atoms with Gasteiger partial charge in [-0.2, -0.15) is 0 Å². The number of hydrogen-bond donors (Lipinski definition) is 4. The van der Waals surface area contributed by atoms with Gasteiger partial charge in [0.05, 0.1) is 108 Å². The van der Waals surface area contributed by atoms with Crippen LogP contribution >= 0.6 is 0 Å². The number of aliphatic hydroxyl groups excluding tert-OH is 2. The van der Waals surface area contributed by atoms with E-state index >= 15 is 0 Å². The summed E-state index contributed by atoms with van der Waals surface area (Å²) < 4.78 is 70.9. The first-order valence-electron chi connectivity index (χ1n) is 52.7. The number of para-hydroxylation sites is 5. The summed E-state index contributed by atoms with van der Waals surface area (Å²) in [6.45, 7) is 17.5. The second-order valence-electron chi connectivity index (χ2n) is 42.2. The number of fused-ring (bicyclic) bond motifs is 15. The molecule has 0 aromatic heterocycles. The van der Waals surface area contributed by atoms with Crippen molar-refractivity contribution in [3.63, 3.8) is 0 Å². The van der Waals surface area contributed by atoms with Gasteiger partial charge in [-0.15, -0.1) is 0 Å². The number of ketones is 2. The van der Waals surface area contributed by atoms with Crippen molar-refractivity contribution in [2.75, 3.05) is 208 Å². The van der Waals surface area contributed by atoms with E-state index < -0.39 is 12.2 Å². The number of likely N-dealkylation sites (tertiary alicyclic amines) is 5. The van der Waals surface area contributed by atoms with E-state index in [-0.39, 0.29) is 70.2 Å². The number of nitrogens with zero attached hydrogens (tertiary/aromatic N) is 13. The van der Waals surface area contributed by atoms with Crippen LogP contribution in [0.4, 0.5) is 78.8 Å². The zero-order valence-corrected chi connectivity index (χ0v) is 83.7. The minimum Gasteiger partial charge on any atom is -0.494 e. The molecule has 25 nitrogen and oxygen atoms in total. The van der Waals surface area contributed by atoms with E-state index in [1.165, 1.54) is 117 Å². The number of nitrogens with one attached hydrogen (secondary N) is 2. The van der Waals surface area contributed by atoms with Crippen LogP contribution < -0.4 is 54.6 Å². The van der Waals surface area contributed by atoms with E-state index in [9.17, 15) is 65.7 Å². The topological polar surface area (TPSA) is 235 Å². The number of carbonyl (C=O) groups excluding carboxylic acids is 7. The fourth-order valence-electron chi connectivity index (χ4n) is 26.2. The van der Waals surface area contributed by atoms with Crippen LogP contribution in [-0.4, -0.2) is 265 Å². The van der Waals surface area contributed by atoms with Crippen LogP contribution in [0, 0.1) is 29.1 Å². The fraction of sp³-hybridized carbons (Fsp3) is 0.427. The van der Waals surface area contributed by atoms with E-state index in [0.29, 0.717) is 142 Å². The minimum atomic E-state index is -0.552. The van der Waals surface area contributed by atoms with Crippen LogP contribution in [0.25, 0.3) is 0 Å². The predicted molar refractivity (Wildman–Crippen MR) is 562 cm³/mol. The molecule has 15 aliphatic rings. The van der Waals surface area contributed by atoms with Gasteiger partial charge in [0.25, 0.3) is 0 Å². The van der Waals surface area contributed by atoms with Crippen molar-refractivity contribution >= 4 is 98.0 Å². The maximum atomic E-state index is 13.1. The Hall–Kier alpha value is -12.9. The fourth-order valence-corrected chi connectivity index (χ4v) is 26.2. The summed E-state index contributed by atoms with van der Waals surface area (Å²) in [6, 6.07) is 63.5. The number of aliphatic hydroxyl groups is 2. The summed E-state index contributed by atoms with van der Waals surface area (Å²) in [5, 5.41) is 26.8. The van der Waals surface area contributed by atoms with Crippen molar-refractivity contribution in [3.8, 4) is 5.75 Å². The number of halogens is 5. The lowest BCUT2D eigenvalue weighted by atomic mass is 9.89. The molecular formula is C117H130F5N15O10. The Balaban J connectivity index is 0.000000108. The van der Waals surface area contributed by atoms with Gasteiger partial charge in [-0.05, 0) is 270 Å². The Labute approximate surface area is 855 Å². The summed E-state index contributed by atoms with van der Waals surface area (Å²) in [6.07, 6.45) is 10.7. The maximum Gasteiger partial charge on any atom is 0.246 e. The zero-order valence-electron chi connectivity index (χ0n) is 83.7. The molecule has 25 rings (SSSR count). The number of anilines is 10. The molecule has 10 aromatic carbocycles. The van der Waals surface area contributed by atoms with Gasteiger partial charge >= 0.3 is 0 Å². The van der Waals surface area contributed by atoms with Crippen molar-refractivity contribution in [2.24, 2.45) is 0 Å². The molecule has 0 radical (unpaired) electrons. The van der Waals surface area contributed by atoms with Gasteiger partial charge in [-0.25, -0.2) is 22.0 Å². The Morgan fingerprint density at radius 2 is 0.605 bits per heavy atom. The number of piperidine rings is 5. The molecule has 0 aliphatic carbocycles. The normalized spacial score (nSPS) is 23.4. The Morgan fingerprint density at radius 3 is 0.925 bits per heavy atom. The summed E-state index contributed by atoms with van der Waals surface area (Å²) in [4.78, 5) is 116. The SMILES string of the molecule is CN1C(=O)CN2c3c(cccc31)[C@@H]1CN(CCCC(=O)c3ccc(F)cc3)CC[C@@H]12.CN1C(=O)CN2c3c(cccc31)[C@@H]1CN(CCCC(O)c3ccc(F)cc3)CC[C@@H]12.CN1C(=O)CN2c3c(cccc31)[C@@H]1CN(CCCOc3ccc(F)cc3)CC[C@@H]12.O=C1CN2c3c(cccc3[C@@H]3CN(CCCC(=O)c4ccc(F)cc4)CC[C@@H]32)N1.O=C1CN2c3c(cccc3[C@@H]3CN(CCCC(O)c4ccc(F)cc4)CC[C@@H]32)N1. The summed E-state index contributed by atoms with van der Waals surface area (Å²) >= 11 is 0. The number of carbonyl (C=O) groups is 7. The largest absolute Gasteiger partial charge is 0.494 e. The third-order valence-corrected chi connectivity index (χ3v) is 33.5. The number of amides is 5. The second-order valence-corrected chi connectivity index (χ2v) is 42.2. The lowest BCUT2D eigenvalue weighted by Gasteiger charge is -2.41. The average molecular weight is 2000 g/mol. The Kier molecular flexibility index (Phi) is 29.6. The van der Waals surface area contributed by atoms with E-state index in [2.05, 4.69) is 120 Å². The third kappa shape index (κ3) is 20.9. The summed E-state index contributed by atoms with van der Waals surface area (Å²) in [7, 11) is 5.61. The van der Waals surface area contributed by atoms with Crippen LogP contribution in [0.3, 0.4) is 0 Å². The van der Waals surface area contributed by atoms with Crippen LogP contribution in [0.5, 0.6) is 5.75 Å². The van der Waals surface area contributed by atoms with Gasteiger partial charge in [-0.1, -0.05) is 84.9 Å². The summed E-state index contributed by atoms with van der Waals surface area (Å²) in [5.74, 6) is 2.16. The highest BCUT2D eigenvalue weighted by Crippen LogP contribution is 2.57. The van der Waals surface area contributed by atoms with Crippen molar-refractivity contribution in [1.82, 2.24) is 24.5 Å². The number of ether oxygens (including phenoxy) is 1. The number of benzene rings is 10. The number of Topliss-reactive ketones (excluding diaryl/α,β-unsaturated/α-hetero) is 2. The second kappa shape index (κ2) is 43.5. The molecule has 5 fully saturated rings. The number of hydrogen-bond acceptors (Lipinski definition) is 20. The van der Waals surface area contributed by atoms with Crippen molar-refractivity contribution in [2.45, 2.75) is 162 Å². The van der Waals surface area contributed by atoms with Gasteiger partial charge in [0.15, 0.2) is 11.6 Å². The molecule has 0 spiro atoms. The highest BCUT2D eigenvalue weighted by molar-refractivity contribution is 6.08. The number of likely N-dealkylation sites (N-methyl/N-ethyl adjacent to an activating group) is 3.